The van der Waals surface area contributed by atoms with Crippen LogP contribution >= 0.6 is 0 Å². The normalized spacial score (nSPS) is 12.9. The highest BCUT2D eigenvalue weighted by Crippen LogP contribution is 2.07. The molecule has 2 aromatic rings. The van der Waals surface area contributed by atoms with Gasteiger partial charge in [0.1, 0.15) is 0 Å². The van der Waals surface area contributed by atoms with Gasteiger partial charge >= 0.3 is 0 Å². The lowest BCUT2D eigenvalue weighted by Gasteiger charge is -2.16. The molecule has 5 heteroatoms. The van der Waals surface area contributed by atoms with E-state index in [4.69, 9.17) is 4.99 Å². The van der Waals surface area contributed by atoms with E-state index in [0.29, 0.717) is 12.5 Å². The molecule has 0 bridgehead atoms. The number of nitrogens with zero attached hydrogens (tertiary/aromatic N) is 3. The molecule has 0 radical (unpaired) electrons. The van der Waals surface area contributed by atoms with Gasteiger partial charge in [-0.05, 0) is 45.2 Å². The number of nitrogens with one attached hydrogen (secondary N) is 2. The molecule has 0 aliphatic carbocycles. The quantitative estimate of drug-likeness (QED) is 0.601. The molecule has 5 nitrogen and oxygen atoms in total. The molecule has 1 aromatic heterocycles. The fraction of sp³-hybridized carbons (Fsp3) is 0.500. The lowest BCUT2D eigenvalue weighted by atomic mass is 10.1. The molecule has 0 amide bonds. The van der Waals surface area contributed by atoms with Crippen LogP contribution in [-0.4, -0.2) is 28.8 Å². The predicted molar refractivity (Wildman–Crippen MR) is 105 cm³/mol. The number of hydrogen-bond donors (Lipinski definition) is 2. The van der Waals surface area contributed by atoms with E-state index < -0.39 is 0 Å². The first-order valence-electron chi connectivity index (χ1n) is 9.06. The molecule has 0 fully saturated rings. The number of benzene rings is 1. The predicted octanol–water partition coefficient (Wildman–Crippen LogP) is 3.20. The molecule has 1 heterocycles. The fourth-order valence-corrected chi connectivity index (χ4v) is 2.81. The van der Waals surface area contributed by atoms with Crippen molar-refractivity contribution in [2.45, 2.75) is 47.7 Å². The molecule has 25 heavy (non-hydrogen) atoms. The zero-order valence-corrected chi connectivity index (χ0v) is 16.1. The highest BCUT2D eigenvalue weighted by molar-refractivity contribution is 5.79. The number of aliphatic imine (C=N–C) groups is 1. The zero-order chi connectivity index (χ0) is 18.2. The smallest absolute Gasteiger partial charge is 0.191 e. The van der Waals surface area contributed by atoms with Crippen LogP contribution < -0.4 is 10.6 Å². The minimum Gasteiger partial charge on any atom is -0.357 e. The summed E-state index contributed by atoms with van der Waals surface area (Å²) in [6, 6.07) is 10.6. The Morgan fingerprint density at radius 2 is 2.00 bits per heavy atom. The number of aryl methyl sites for hydroxylation is 3. The van der Waals surface area contributed by atoms with E-state index in [1.54, 1.807) is 0 Å². The Kier molecular flexibility index (Phi) is 7.04. The molecule has 0 spiro atoms. The average molecular weight is 342 g/mol. The molecule has 1 unspecified atom stereocenters. The van der Waals surface area contributed by atoms with Crippen molar-refractivity contribution in [3.63, 3.8) is 0 Å². The van der Waals surface area contributed by atoms with Crippen molar-refractivity contribution in [2.24, 2.45) is 10.9 Å². The molecular formula is C20H31N5. The monoisotopic (exact) mass is 341 g/mol. The van der Waals surface area contributed by atoms with Crippen LogP contribution in [0.4, 0.5) is 0 Å². The number of hydrogen-bond acceptors (Lipinski definition) is 2. The first-order valence-corrected chi connectivity index (χ1v) is 9.06. The Morgan fingerprint density at radius 3 is 2.64 bits per heavy atom. The summed E-state index contributed by atoms with van der Waals surface area (Å²) in [5.41, 5.74) is 4.78. The summed E-state index contributed by atoms with van der Waals surface area (Å²) in [4.78, 5) is 4.70. The molecule has 136 valence electrons. The van der Waals surface area contributed by atoms with Crippen molar-refractivity contribution >= 4 is 5.96 Å². The molecule has 0 aliphatic heterocycles. The Morgan fingerprint density at radius 1 is 1.20 bits per heavy atom. The second-order valence-corrected chi connectivity index (χ2v) is 6.78. The minimum atomic E-state index is 0.459. The SMILES string of the molecule is CCNC(=NCc1cccc(C)c1)NCC(C)Cn1nc(C)cc1C. The molecule has 1 aromatic carbocycles. The first-order chi connectivity index (χ1) is 12.0. The lowest BCUT2D eigenvalue weighted by Crippen LogP contribution is -2.40. The van der Waals surface area contributed by atoms with Gasteiger partial charge in [0.15, 0.2) is 5.96 Å². The van der Waals surface area contributed by atoms with E-state index in [-0.39, 0.29) is 0 Å². The van der Waals surface area contributed by atoms with Gasteiger partial charge in [0.2, 0.25) is 0 Å². The Bertz CT molecular complexity index is 702. The van der Waals surface area contributed by atoms with E-state index in [2.05, 4.69) is 78.4 Å². The molecular weight excluding hydrogens is 310 g/mol. The van der Waals surface area contributed by atoms with Gasteiger partial charge in [-0.15, -0.1) is 0 Å². The molecule has 2 rings (SSSR count). The van der Waals surface area contributed by atoms with Gasteiger partial charge in [-0.25, -0.2) is 4.99 Å². The number of rotatable bonds is 7. The van der Waals surface area contributed by atoms with Gasteiger partial charge < -0.3 is 10.6 Å². The maximum absolute atomic E-state index is 4.70. The summed E-state index contributed by atoms with van der Waals surface area (Å²) >= 11 is 0. The average Bonchev–Trinajstić information content (AvgIpc) is 2.87. The maximum atomic E-state index is 4.70. The summed E-state index contributed by atoms with van der Waals surface area (Å²) in [5, 5.41) is 11.3. The Labute approximate surface area is 151 Å². The van der Waals surface area contributed by atoms with E-state index in [9.17, 15) is 0 Å². The third kappa shape index (κ3) is 6.25. The van der Waals surface area contributed by atoms with Gasteiger partial charge in [0, 0.05) is 25.3 Å². The van der Waals surface area contributed by atoms with Crippen LogP contribution in [0.15, 0.2) is 35.3 Å². The van der Waals surface area contributed by atoms with Crippen LogP contribution in [0.3, 0.4) is 0 Å². The van der Waals surface area contributed by atoms with Crippen LogP contribution in [0.25, 0.3) is 0 Å². The van der Waals surface area contributed by atoms with Crippen molar-refractivity contribution in [2.75, 3.05) is 13.1 Å². The second-order valence-electron chi connectivity index (χ2n) is 6.78. The van der Waals surface area contributed by atoms with Gasteiger partial charge in [-0.3, -0.25) is 4.68 Å². The fourth-order valence-electron chi connectivity index (χ4n) is 2.81. The Balaban J connectivity index is 1.89. The highest BCUT2D eigenvalue weighted by Gasteiger charge is 2.08. The van der Waals surface area contributed by atoms with Crippen LogP contribution in [0.1, 0.15) is 36.4 Å². The number of aromatic nitrogens is 2. The third-order valence-corrected chi connectivity index (χ3v) is 4.05. The summed E-state index contributed by atoms with van der Waals surface area (Å²) in [6.07, 6.45) is 0. The van der Waals surface area contributed by atoms with Crippen LogP contribution in [-0.2, 0) is 13.1 Å². The standard InChI is InChI=1S/C20H31N5/c1-6-21-20(23-13-19-9-7-8-15(2)10-19)22-12-16(3)14-25-18(5)11-17(4)24-25/h7-11,16H,6,12-14H2,1-5H3,(H2,21,22,23). The molecule has 1 atom stereocenters. The third-order valence-electron chi connectivity index (χ3n) is 4.05. The van der Waals surface area contributed by atoms with Crippen molar-refractivity contribution in [1.82, 2.24) is 20.4 Å². The van der Waals surface area contributed by atoms with Gasteiger partial charge in [-0.1, -0.05) is 36.8 Å². The highest BCUT2D eigenvalue weighted by atomic mass is 15.3. The first kappa shape index (κ1) is 19.0. The van der Waals surface area contributed by atoms with E-state index in [1.165, 1.54) is 16.8 Å². The van der Waals surface area contributed by atoms with Crippen LogP contribution in [0.5, 0.6) is 0 Å². The molecule has 0 saturated carbocycles. The Hall–Kier alpha value is -2.30. The van der Waals surface area contributed by atoms with Gasteiger partial charge in [-0.2, -0.15) is 5.10 Å². The lowest BCUT2D eigenvalue weighted by molar-refractivity contribution is 0.436. The van der Waals surface area contributed by atoms with E-state index in [0.717, 1.165) is 31.3 Å². The van der Waals surface area contributed by atoms with Crippen molar-refractivity contribution in [3.05, 3.63) is 52.8 Å². The molecule has 0 aliphatic rings. The summed E-state index contributed by atoms with van der Waals surface area (Å²) in [5.74, 6) is 1.32. The summed E-state index contributed by atoms with van der Waals surface area (Å²) in [7, 11) is 0. The summed E-state index contributed by atoms with van der Waals surface area (Å²) < 4.78 is 2.08. The maximum Gasteiger partial charge on any atom is 0.191 e. The topological polar surface area (TPSA) is 54.2 Å². The molecule has 2 N–H and O–H groups in total. The van der Waals surface area contributed by atoms with Crippen LogP contribution in [0, 0.1) is 26.7 Å². The number of guanidine groups is 1. The van der Waals surface area contributed by atoms with E-state index in [1.807, 2.05) is 6.92 Å². The van der Waals surface area contributed by atoms with Crippen LogP contribution in [0.2, 0.25) is 0 Å². The zero-order valence-electron chi connectivity index (χ0n) is 16.1. The van der Waals surface area contributed by atoms with Gasteiger partial charge in [0.05, 0.1) is 12.2 Å². The van der Waals surface area contributed by atoms with E-state index >= 15 is 0 Å². The summed E-state index contributed by atoms with van der Waals surface area (Å²) in [6.45, 7) is 13.9. The largest absolute Gasteiger partial charge is 0.357 e. The van der Waals surface area contributed by atoms with Crippen molar-refractivity contribution < 1.29 is 0 Å². The van der Waals surface area contributed by atoms with Gasteiger partial charge in [0.25, 0.3) is 0 Å². The second kappa shape index (κ2) is 9.25. The minimum absolute atomic E-state index is 0.459. The van der Waals surface area contributed by atoms with Crippen molar-refractivity contribution in [1.29, 1.82) is 0 Å². The molecule has 0 saturated heterocycles. The van der Waals surface area contributed by atoms with Crippen molar-refractivity contribution in [3.8, 4) is 0 Å².